The summed E-state index contributed by atoms with van der Waals surface area (Å²) in [5, 5.41) is 3.98. The first kappa shape index (κ1) is 25.8. The van der Waals surface area contributed by atoms with Crippen LogP contribution < -0.4 is 20.3 Å². The summed E-state index contributed by atoms with van der Waals surface area (Å²) in [7, 11) is 3.10. The van der Waals surface area contributed by atoms with E-state index in [0.29, 0.717) is 40.6 Å². The minimum atomic E-state index is -0.135. The third-order valence-corrected chi connectivity index (χ3v) is 7.35. The lowest BCUT2D eigenvalue weighted by Crippen LogP contribution is -2.28. The minimum Gasteiger partial charge on any atom is -0.493 e. The second kappa shape index (κ2) is 12.6. The number of nitrogens with zero attached hydrogens (tertiary/aromatic N) is 2. The molecule has 0 atom stereocenters. The Balaban J connectivity index is 1.53. The first-order valence-electron chi connectivity index (χ1n) is 12.4. The maximum absolute atomic E-state index is 13.6. The number of rotatable bonds is 11. The number of hydrogen-bond acceptors (Lipinski definition) is 6. The number of amides is 1. The van der Waals surface area contributed by atoms with E-state index in [2.05, 4.69) is 11.4 Å². The SMILES string of the molecule is COc1cc2nc(SCC(=O)NCCc3ccccc3)n(CCC3=CCCCC3)c(=O)c2cc1OC. The van der Waals surface area contributed by atoms with E-state index in [0.717, 1.165) is 25.7 Å². The number of allylic oxidation sites excluding steroid dienone is 2. The predicted molar refractivity (Wildman–Crippen MR) is 144 cm³/mol. The number of benzene rings is 2. The van der Waals surface area contributed by atoms with Crippen molar-refractivity contribution in [3.8, 4) is 11.5 Å². The molecule has 1 N–H and O–H groups in total. The van der Waals surface area contributed by atoms with E-state index >= 15 is 0 Å². The maximum atomic E-state index is 13.6. The van der Waals surface area contributed by atoms with Gasteiger partial charge in [-0.15, -0.1) is 0 Å². The monoisotopic (exact) mass is 507 g/mol. The molecule has 36 heavy (non-hydrogen) atoms. The standard InChI is InChI=1S/C28H33N3O4S/c1-34-24-17-22-23(18-25(24)35-2)30-28(31(27(22)33)16-14-21-11-7-4-8-12-21)36-19-26(32)29-15-13-20-9-5-3-6-10-20/h3,5-6,9-11,17-18H,4,7-8,12-16,19H2,1-2H3,(H,29,32). The molecule has 1 aromatic heterocycles. The van der Waals surface area contributed by atoms with Crippen molar-refractivity contribution in [2.75, 3.05) is 26.5 Å². The summed E-state index contributed by atoms with van der Waals surface area (Å²) in [4.78, 5) is 30.9. The van der Waals surface area contributed by atoms with Crippen LogP contribution in [0.2, 0.25) is 0 Å². The molecule has 8 heteroatoms. The summed E-state index contributed by atoms with van der Waals surface area (Å²) in [6, 6.07) is 13.5. The zero-order chi connectivity index (χ0) is 25.3. The van der Waals surface area contributed by atoms with Crippen molar-refractivity contribution in [2.24, 2.45) is 0 Å². The summed E-state index contributed by atoms with van der Waals surface area (Å²) in [5.74, 6) is 1.10. The highest BCUT2D eigenvalue weighted by Gasteiger charge is 2.17. The van der Waals surface area contributed by atoms with Gasteiger partial charge < -0.3 is 14.8 Å². The van der Waals surface area contributed by atoms with Crippen molar-refractivity contribution in [2.45, 2.75) is 50.2 Å². The van der Waals surface area contributed by atoms with Gasteiger partial charge in [0.2, 0.25) is 5.91 Å². The molecule has 1 aliphatic carbocycles. The Kier molecular flexibility index (Phi) is 9.06. The second-order valence-corrected chi connectivity index (χ2v) is 9.75. The molecule has 3 aromatic rings. The fraction of sp³-hybridized carbons (Fsp3) is 0.393. The molecule has 0 saturated heterocycles. The molecule has 0 unspecified atom stereocenters. The number of ether oxygens (including phenoxy) is 2. The van der Waals surface area contributed by atoms with Crippen LogP contribution in [0.25, 0.3) is 10.9 Å². The van der Waals surface area contributed by atoms with E-state index in [-0.39, 0.29) is 17.2 Å². The van der Waals surface area contributed by atoms with Crippen LogP contribution >= 0.6 is 11.8 Å². The molecule has 1 aliphatic rings. The van der Waals surface area contributed by atoms with Gasteiger partial charge in [-0.1, -0.05) is 53.7 Å². The third-order valence-electron chi connectivity index (χ3n) is 6.38. The number of nitrogens with one attached hydrogen (secondary N) is 1. The van der Waals surface area contributed by atoms with Gasteiger partial charge in [0.05, 0.1) is 30.9 Å². The van der Waals surface area contributed by atoms with Crippen molar-refractivity contribution in [3.63, 3.8) is 0 Å². The van der Waals surface area contributed by atoms with Crippen LogP contribution in [0, 0.1) is 0 Å². The van der Waals surface area contributed by atoms with Gasteiger partial charge in [-0.2, -0.15) is 0 Å². The van der Waals surface area contributed by atoms with E-state index in [1.807, 2.05) is 30.3 Å². The van der Waals surface area contributed by atoms with Crippen LogP contribution in [0.15, 0.2) is 64.1 Å². The lowest BCUT2D eigenvalue weighted by Gasteiger charge is -2.17. The van der Waals surface area contributed by atoms with Gasteiger partial charge in [0.25, 0.3) is 5.56 Å². The number of hydrogen-bond donors (Lipinski definition) is 1. The topological polar surface area (TPSA) is 82.5 Å². The molecule has 190 valence electrons. The molecule has 2 aromatic carbocycles. The predicted octanol–water partition coefficient (Wildman–Crippen LogP) is 4.76. The van der Waals surface area contributed by atoms with E-state index in [4.69, 9.17) is 14.5 Å². The number of carbonyl (C=O) groups is 1. The molecule has 1 amide bonds. The molecular formula is C28H33N3O4S. The van der Waals surface area contributed by atoms with Gasteiger partial charge in [-0.05, 0) is 50.2 Å². The Morgan fingerprint density at radius 2 is 1.86 bits per heavy atom. The summed E-state index contributed by atoms with van der Waals surface area (Å²) in [5.41, 5.74) is 2.95. The fourth-order valence-electron chi connectivity index (χ4n) is 4.39. The highest BCUT2D eigenvalue weighted by atomic mass is 32.2. The van der Waals surface area contributed by atoms with E-state index in [1.165, 1.54) is 35.7 Å². The van der Waals surface area contributed by atoms with Crippen LogP contribution in [0.3, 0.4) is 0 Å². The molecule has 1 heterocycles. The Bertz CT molecular complexity index is 1290. The van der Waals surface area contributed by atoms with Crippen molar-refractivity contribution < 1.29 is 14.3 Å². The van der Waals surface area contributed by atoms with Crippen LogP contribution in [0.5, 0.6) is 11.5 Å². The number of aromatic nitrogens is 2. The molecule has 0 aliphatic heterocycles. The molecule has 7 nitrogen and oxygen atoms in total. The minimum absolute atomic E-state index is 0.0841. The van der Waals surface area contributed by atoms with Crippen LogP contribution in [-0.2, 0) is 17.8 Å². The van der Waals surface area contributed by atoms with Gasteiger partial charge in [0.15, 0.2) is 16.7 Å². The van der Waals surface area contributed by atoms with Gasteiger partial charge in [-0.25, -0.2) is 4.98 Å². The molecule has 0 bridgehead atoms. The van der Waals surface area contributed by atoms with Gasteiger partial charge in [0.1, 0.15) is 0 Å². The first-order chi connectivity index (χ1) is 17.6. The Labute approximate surface area is 215 Å². The summed E-state index contributed by atoms with van der Waals surface area (Å²) in [6.07, 6.45) is 8.46. The van der Waals surface area contributed by atoms with Crippen LogP contribution in [0.4, 0.5) is 0 Å². The average Bonchev–Trinajstić information content (AvgIpc) is 2.92. The van der Waals surface area contributed by atoms with E-state index < -0.39 is 0 Å². The summed E-state index contributed by atoms with van der Waals surface area (Å²) in [6.45, 7) is 1.09. The number of thioether (sulfide) groups is 1. The molecule has 0 fully saturated rings. The van der Waals surface area contributed by atoms with Crippen molar-refractivity contribution in [3.05, 3.63) is 70.0 Å². The highest BCUT2D eigenvalue weighted by Crippen LogP contribution is 2.31. The lowest BCUT2D eigenvalue weighted by molar-refractivity contribution is -0.118. The van der Waals surface area contributed by atoms with Gasteiger partial charge >= 0.3 is 0 Å². The van der Waals surface area contributed by atoms with Crippen LogP contribution in [0.1, 0.15) is 37.7 Å². The fourth-order valence-corrected chi connectivity index (χ4v) is 5.25. The average molecular weight is 508 g/mol. The number of carbonyl (C=O) groups excluding carboxylic acids is 1. The molecule has 0 spiro atoms. The number of fused-ring (bicyclic) bond motifs is 1. The Morgan fingerprint density at radius 1 is 1.08 bits per heavy atom. The zero-order valence-electron chi connectivity index (χ0n) is 20.9. The Hall–Kier alpha value is -3.26. The third kappa shape index (κ3) is 6.49. The molecule has 0 radical (unpaired) electrons. The zero-order valence-corrected chi connectivity index (χ0v) is 21.7. The highest BCUT2D eigenvalue weighted by molar-refractivity contribution is 7.99. The normalized spacial score (nSPS) is 13.3. The van der Waals surface area contributed by atoms with Crippen LogP contribution in [-0.4, -0.2) is 42.0 Å². The summed E-state index contributed by atoms with van der Waals surface area (Å²) >= 11 is 1.29. The van der Waals surface area contributed by atoms with Crippen molar-refractivity contribution >= 4 is 28.6 Å². The molecular weight excluding hydrogens is 474 g/mol. The summed E-state index contributed by atoms with van der Waals surface area (Å²) < 4.78 is 12.5. The molecule has 0 saturated carbocycles. The Morgan fingerprint density at radius 3 is 2.58 bits per heavy atom. The maximum Gasteiger partial charge on any atom is 0.262 e. The van der Waals surface area contributed by atoms with Gasteiger partial charge in [-0.3, -0.25) is 14.2 Å². The van der Waals surface area contributed by atoms with Crippen molar-refractivity contribution in [1.29, 1.82) is 0 Å². The van der Waals surface area contributed by atoms with Gasteiger partial charge in [0, 0.05) is 19.2 Å². The number of methoxy groups -OCH3 is 2. The van der Waals surface area contributed by atoms with E-state index in [1.54, 1.807) is 30.9 Å². The largest absolute Gasteiger partial charge is 0.493 e. The van der Waals surface area contributed by atoms with E-state index in [9.17, 15) is 9.59 Å². The quantitative estimate of drug-likeness (QED) is 0.229. The first-order valence-corrected chi connectivity index (χ1v) is 13.4. The smallest absolute Gasteiger partial charge is 0.262 e. The van der Waals surface area contributed by atoms with Crippen molar-refractivity contribution in [1.82, 2.24) is 14.9 Å². The second-order valence-electron chi connectivity index (χ2n) is 8.81. The molecule has 4 rings (SSSR count). The lowest BCUT2D eigenvalue weighted by atomic mass is 9.97.